The molecule has 0 amide bonds. The normalized spacial score (nSPS) is 12.4. The maximum absolute atomic E-state index is 13.8. The van der Waals surface area contributed by atoms with Crippen molar-refractivity contribution in [3.05, 3.63) is 65.2 Å². The Labute approximate surface area is 122 Å². The minimum absolute atomic E-state index is 0.225. The average molecular weight is 293 g/mol. The predicted octanol–water partition coefficient (Wildman–Crippen LogP) is 4.33. The molecule has 2 aromatic rings. The number of rotatable bonds is 5. The summed E-state index contributed by atoms with van der Waals surface area (Å²) in [5, 5.41) is 3.04. The van der Waals surface area contributed by atoms with Gasteiger partial charge in [0.1, 0.15) is 0 Å². The van der Waals surface area contributed by atoms with Gasteiger partial charge in [0.15, 0.2) is 11.6 Å². The highest BCUT2D eigenvalue weighted by atomic mass is 32.2. The molecule has 0 fully saturated rings. The lowest BCUT2D eigenvalue weighted by molar-refractivity contribution is 0.484. The van der Waals surface area contributed by atoms with E-state index in [-0.39, 0.29) is 6.04 Å². The van der Waals surface area contributed by atoms with Gasteiger partial charge in [-0.05, 0) is 32.2 Å². The molecular weight excluding hydrogens is 276 g/mol. The van der Waals surface area contributed by atoms with Gasteiger partial charge in [0.2, 0.25) is 0 Å². The van der Waals surface area contributed by atoms with Crippen molar-refractivity contribution in [2.75, 3.05) is 12.8 Å². The van der Waals surface area contributed by atoms with Crippen molar-refractivity contribution in [2.45, 2.75) is 17.9 Å². The lowest BCUT2D eigenvalue weighted by Gasteiger charge is -2.17. The summed E-state index contributed by atoms with van der Waals surface area (Å²) in [6.45, 7) is 2.03. The summed E-state index contributed by atoms with van der Waals surface area (Å²) < 4.78 is 27.1. The summed E-state index contributed by atoms with van der Waals surface area (Å²) in [4.78, 5) is 1.12. The molecule has 106 valence electrons. The number of thioether (sulfide) groups is 1. The molecule has 2 rings (SSSR count). The Morgan fingerprint density at radius 1 is 1.10 bits per heavy atom. The molecule has 1 atom stereocenters. The van der Waals surface area contributed by atoms with Gasteiger partial charge in [0.05, 0.1) is 0 Å². The van der Waals surface area contributed by atoms with E-state index < -0.39 is 11.6 Å². The van der Waals surface area contributed by atoms with Crippen LogP contribution in [0.25, 0.3) is 0 Å². The van der Waals surface area contributed by atoms with Crippen LogP contribution in [-0.2, 0) is 0 Å². The smallest absolute Gasteiger partial charge is 0.163 e. The summed E-state index contributed by atoms with van der Waals surface area (Å²) in [5.74, 6) is -0.931. The third kappa shape index (κ3) is 3.58. The average Bonchev–Trinajstić information content (AvgIpc) is 2.45. The van der Waals surface area contributed by atoms with Crippen LogP contribution in [0.5, 0.6) is 0 Å². The summed E-state index contributed by atoms with van der Waals surface area (Å²) in [7, 11) is 1.75. The molecule has 0 radical (unpaired) electrons. The van der Waals surface area contributed by atoms with E-state index in [9.17, 15) is 8.78 Å². The van der Waals surface area contributed by atoms with E-state index in [4.69, 9.17) is 0 Å². The second-order valence-corrected chi connectivity index (χ2v) is 5.70. The molecule has 0 heterocycles. The van der Waals surface area contributed by atoms with Crippen LogP contribution in [0.2, 0.25) is 0 Å². The Hall–Kier alpha value is -1.39. The predicted molar refractivity (Wildman–Crippen MR) is 80.1 cm³/mol. The maximum atomic E-state index is 13.8. The first kappa shape index (κ1) is 15.0. The van der Waals surface area contributed by atoms with Crippen molar-refractivity contribution in [2.24, 2.45) is 0 Å². The topological polar surface area (TPSA) is 12.0 Å². The van der Waals surface area contributed by atoms with Crippen molar-refractivity contribution in [3.63, 3.8) is 0 Å². The Balaban J connectivity index is 2.09. The molecule has 0 saturated carbocycles. The van der Waals surface area contributed by atoms with Gasteiger partial charge >= 0.3 is 0 Å². The molecule has 1 N–H and O–H groups in total. The van der Waals surface area contributed by atoms with E-state index in [1.54, 1.807) is 24.9 Å². The van der Waals surface area contributed by atoms with Gasteiger partial charge in [-0.3, -0.25) is 0 Å². The van der Waals surface area contributed by atoms with Gasteiger partial charge in [-0.2, -0.15) is 0 Å². The zero-order valence-electron chi connectivity index (χ0n) is 11.5. The number of nitrogens with one attached hydrogen (secondary N) is 1. The first-order valence-electron chi connectivity index (χ1n) is 6.42. The Kier molecular flexibility index (Phi) is 5.15. The van der Waals surface area contributed by atoms with Crippen molar-refractivity contribution in [3.8, 4) is 0 Å². The second kappa shape index (κ2) is 6.86. The van der Waals surface area contributed by atoms with Crippen LogP contribution >= 0.6 is 11.8 Å². The minimum atomic E-state index is -0.803. The van der Waals surface area contributed by atoms with Gasteiger partial charge in [0, 0.05) is 22.3 Å². The summed E-state index contributed by atoms with van der Waals surface area (Å²) in [6, 6.07) is 12.2. The minimum Gasteiger partial charge on any atom is -0.312 e. The Morgan fingerprint density at radius 3 is 2.45 bits per heavy atom. The highest BCUT2D eigenvalue weighted by molar-refractivity contribution is 7.99. The second-order valence-electron chi connectivity index (χ2n) is 4.61. The quantitative estimate of drug-likeness (QED) is 0.824. The Morgan fingerprint density at radius 2 is 1.80 bits per heavy atom. The first-order valence-corrected chi connectivity index (χ1v) is 7.41. The molecule has 0 spiro atoms. The van der Waals surface area contributed by atoms with Crippen LogP contribution in [0.1, 0.15) is 17.2 Å². The van der Waals surface area contributed by atoms with Crippen LogP contribution < -0.4 is 5.32 Å². The molecule has 1 unspecified atom stereocenters. The van der Waals surface area contributed by atoms with E-state index in [1.807, 2.05) is 31.2 Å². The van der Waals surface area contributed by atoms with E-state index in [1.165, 1.54) is 11.6 Å². The zero-order valence-corrected chi connectivity index (χ0v) is 12.3. The number of hydrogen-bond donors (Lipinski definition) is 1. The lowest BCUT2D eigenvalue weighted by atomic mass is 10.1. The fraction of sp³-hybridized carbons (Fsp3) is 0.250. The third-order valence-electron chi connectivity index (χ3n) is 3.14. The number of hydrogen-bond acceptors (Lipinski definition) is 2. The summed E-state index contributed by atoms with van der Waals surface area (Å²) >= 11 is 1.62. The molecular formula is C16H17F2NS. The van der Waals surface area contributed by atoms with Gasteiger partial charge in [-0.15, -0.1) is 11.8 Å². The lowest BCUT2D eigenvalue weighted by Crippen LogP contribution is -2.20. The van der Waals surface area contributed by atoms with Gasteiger partial charge in [-0.1, -0.05) is 29.8 Å². The third-order valence-corrected chi connectivity index (χ3v) is 4.25. The Bertz CT molecular complexity index is 569. The van der Waals surface area contributed by atoms with E-state index >= 15 is 0 Å². The molecule has 0 bridgehead atoms. The molecule has 0 aliphatic carbocycles. The van der Waals surface area contributed by atoms with Gasteiger partial charge in [-0.25, -0.2) is 8.78 Å². The van der Waals surface area contributed by atoms with Crippen molar-refractivity contribution < 1.29 is 8.78 Å². The number of benzene rings is 2. The highest BCUT2D eigenvalue weighted by Crippen LogP contribution is 2.27. The molecule has 0 aliphatic heterocycles. The monoisotopic (exact) mass is 293 g/mol. The van der Waals surface area contributed by atoms with Crippen LogP contribution in [0.15, 0.2) is 47.4 Å². The molecule has 1 nitrogen and oxygen atoms in total. The summed E-state index contributed by atoms with van der Waals surface area (Å²) in [6.07, 6.45) is 0. The first-order chi connectivity index (χ1) is 9.61. The molecule has 0 saturated heterocycles. The van der Waals surface area contributed by atoms with Crippen LogP contribution in [0.4, 0.5) is 8.78 Å². The molecule has 0 aromatic heterocycles. The fourth-order valence-corrected chi connectivity index (χ4v) is 2.97. The van der Waals surface area contributed by atoms with Crippen LogP contribution in [0, 0.1) is 18.6 Å². The molecule has 4 heteroatoms. The van der Waals surface area contributed by atoms with Gasteiger partial charge < -0.3 is 5.32 Å². The largest absolute Gasteiger partial charge is 0.312 e. The van der Waals surface area contributed by atoms with E-state index in [0.29, 0.717) is 11.3 Å². The summed E-state index contributed by atoms with van der Waals surface area (Å²) in [5.41, 5.74) is 1.57. The zero-order chi connectivity index (χ0) is 14.5. The van der Waals surface area contributed by atoms with Crippen molar-refractivity contribution >= 4 is 11.8 Å². The highest BCUT2D eigenvalue weighted by Gasteiger charge is 2.16. The molecule has 2 aromatic carbocycles. The van der Waals surface area contributed by atoms with Crippen molar-refractivity contribution in [1.82, 2.24) is 5.32 Å². The maximum Gasteiger partial charge on any atom is 0.163 e. The SMILES string of the molecule is CNC(CSc1ccc(C)cc1)c1cccc(F)c1F. The van der Waals surface area contributed by atoms with Crippen LogP contribution in [-0.4, -0.2) is 12.8 Å². The van der Waals surface area contributed by atoms with E-state index in [2.05, 4.69) is 5.32 Å². The van der Waals surface area contributed by atoms with E-state index in [0.717, 1.165) is 11.0 Å². The number of aryl methyl sites for hydroxylation is 1. The van der Waals surface area contributed by atoms with Crippen LogP contribution in [0.3, 0.4) is 0 Å². The molecule has 20 heavy (non-hydrogen) atoms. The standard InChI is InChI=1S/C16H17F2NS/c1-11-6-8-12(9-7-11)20-10-15(19-2)13-4-3-5-14(17)16(13)18/h3-9,15,19H,10H2,1-2H3. The van der Waals surface area contributed by atoms with Crippen molar-refractivity contribution in [1.29, 1.82) is 0 Å². The van der Waals surface area contributed by atoms with Gasteiger partial charge in [0.25, 0.3) is 0 Å². The molecule has 0 aliphatic rings. The number of halogens is 2. The fourth-order valence-electron chi connectivity index (χ4n) is 1.93.